The maximum Gasteiger partial charge on any atom is 0.335 e. The standard InChI is InChI=1S/C12H12N2O2/c1-7-11(8-2-3-8)13-10-6-9(12(15)16)4-5-14(7)10/h4-6,8H,2-3H2,1H3,(H,15,16). The molecule has 1 saturated carbocycles. The monoisotopic (exact) mass is 216 g/mol. The second kappa shape index (κ2) is 3.07. The van der Waals surface area contributed by atoms with Crippen LogP contribution in [0.2, 0.25) is 0 Å². The Labute approximate surface area is 92.5 Å². The van der Waals surface area contributed by atoms with Gasteiger partial charge in [0, 0.05) is 17.8 Å². The third kappa shape index (κ3) is 1.30. The second-order valence-corrected chi connectivity index (χ2v) is 4.31. The molecule has 0 amide bonds. The van der Waals surface area contributed by atoms with Crippen molar-refractivity contribution >= 4 is 11.6 Å². The normalized spacial score (nSPS) is 15.6. The van der Waals surface area contributed by atoms with Crippen molar-refractivity contribution in [2.45, 2.75) is 25.7 Å². The van der Waals surface area contributed by atoms with E-state index in [-0.39, 0.29) is 0 Å². The van der Waals surface area contributed by atoms with Gasteiger partial charge in [-0.05, 0) is 31.9 Å². The number of carbonyl (C=O) groups is 1. The highest BCUT2D eigenvalue weighted by atomic mass is 16.4. The molecule has 3 rings (SSSR count). The van der Waals surface area contributed by atoms with Gasteiger partial charge in [-0.25, -0.2) is 9.78 Å². The van der Waals surface area contributed by atoms with Gasteiger partial charge in [0.25, 0.3) is 0 Å². The topological polar surface area (TPSA) is 54.6 Å². The van der Waals surface area contributed by atoms with E-state index in [4.69, 9.17) is 5.11 Å². The summed E-state index contributed by atoms with van der Waals surface area (Å²) in [6.45, 7) is 2.04. The molecule has 2 heterocycles. The molecule has 4 nitrogen and oxygen atoms in total. The first-order valence-corrected chi connectivity index (χ1v) is 5.38. The van der Waals surface area contributed by atoms with Crippen LogP contribution in [-0.2, 0) is 0 Å². The largest absolute Gasteiger partial charge is 0.478 e. The molecule has 1 aliphatic rings. The highest BCUT2D eigenvalue weighted by molar-refractivity contribution is 5.88. The lowest BCUT2D eigenvalue weighted by Gasteiger charge is -1.98. The van der Waals surface area contributed by atoms with E-state index in [0.29, 0.717) is 11.5 Å². The number of carboxylic acid groups (broad SMARTS) is 1. The van der Waals surface area contributed by atoms with E-state index in [1.807, 2.05) is 11.3 Å². The third-order valence-electron chi connectivity index (χ3n) is 3.11. The van der Waals surface area contributed by atoms with Crippen LogP contribution < -0.4 is 0 Å². The molecule has 2 aromatic heterocycles. The molecule has 0 aromatic carbocycles. The number of rotatable bonds is 2. The van der Waals surface area contributed by atoms with E-state index < -0.39 is 5.97 Å². The van der Waals surface area contributed by atoms with Crippen LogP contribution in [-0.4, -0.2) is 20.5 Å². The van der Waals surface area contributed by atoms with Gasteiger partial charge in [-0.2, -0.15) is 0 Å². The minimum absolute atomic E-state index is 0.292. The fraction of sp³-hybridized carbons (Fsp3) is 0.333. The highest BCUT2D eigenvalue weighted by Crippen LogP contribution is 2.41. The Morgan fingerprint density at radius 1 is 1.56 bits per heavy atom. The summed E-state index contributed by atoms with van der Waals surface area (Å²) in [6.07, 6.45) is 4.19. The number of imidazole rings is 1. The molecule has 16 heavy (non-hydrogen) atoms. The molecule has 1 N–H and O–H groups in total. The van der Waals surface area contributed by atoms with Crippen LogP contribution in [0.3, 0.4) is 0 Å². The molecular formula is C12H12N2O2. The van der Waals surface area contributed by atoms with Crippen molar-refractivity contribution in [3.05, 3.63) is 35.3 Å². The molecule has 0 saturated heterocycles. The Kier molecular flexibility index (Phi) is 1.80. The first kappa shape index (κ1) is 9.39. The summed E-state index contributed by atoms with van der Waals surface area (Å²) in [5.74, 6) is -0.315. The van der Waals surface area contributed by atoms with Crippen molar-refractivity contribution in [2.75, 3.05) is 0 Å². The molecule has 0 unspecified atom stereocenters. The molecule has 0 radical (unpaired) electrons. The number of aromatic carboxylic acids is 1. The number of fused-ring (bicyclic) bond motifs is 1. The summed E-state index contributed by atoms with van der Waals surface area (Å²) in [7, 11) is 0. The molecule has 0 bridgehead atoms. The van der Waals surface area contributed by atoms with E-state index >= 15 is 0 Å². The number of pyridine rings is 1. The van der Waals surface area contributed by atoms with Gasteiger partial charge in [0.05, 0.1) is 11.3 Å². The van der Waals surface area contributed by atoms with Crippen molar-refractivity contribution in [3.8, 4) is 0 Å². The first-order valence-electron chi connectivity index (χ1n) is 5.38. The van der Waals surface area contributed by atoms with Crippen LogP contribution in [0.15, 0.2) is 18.3 Å². The maximum atomic E-state index is 10.8. The fourth-order valence-corrected chi connectivity index (χ4v) is 2.06. The van der Waals surface area contributed by atoms with Crippen molar-refractivity contribution in [1.29, 1.82) is 0 Å². The predicted octanol–water partition coefficient (Wildman–Crippen LogP) is 2.22. The molecule has 4 heteroatoms. The van der Waals surface area contributed by atoms with E-state index in [0.717, 1.165) is 17.0 Å². The lowest BCUT2D eigenvalue weighted by molar-refractivity contribution is 0.0697. The Morgan fingerprint density at radius 2 is 2.31 bits per heavy atom. The van der Waals surface area contributed by atoms with Crippen LogP contribution in [0.5, 0.6) is 0 Å². The van der Waals surface area contributed by atoms with E-state index in [1.54, 1.807) is 18.3 Å². The van der Waals surface area contributed by atoms with Crippen molar-refractivity contribution in [2.24, 2.45) is 0 Å². The number of nitrogens with zero attached hydrogens (tertiary/aromatic N) is 2. The molecular weight excluding hydrogens is 204 g/mol. The van der Waals surface area contributed by atoms with Crippen molar-refractivity contribution in [3.63, 3.8) is 0 Å². The highest BCUT2D eigenvalue weighted by Gasteiger charge is 2.28. The fourth-order valence-electron chi connectivity index (χ4n) is 2.06. The Morgan fingerprint density at radius 3 is 2.94 bits per heavy atom. The lowest BCUT2D eigenvalue weighted by Crippen LogP contribution is -1.97. The van der Waals surface area contributed by atoms with Gasteiger partial charge in [0.1, 0.15) is 5.65 Å². The van der Waals surface area contributed by atoms with Gasteiger partial charge in [-0.3, -0.25) is 0 Å². The zero-order chi connectivity index (χ0) is 11.3. The third-order valence-corrected chi connectivity index (χ3v) is 3.11. The zero-order valence-corrected chi connectivity index (χ0v) is 8.97. The van der Waals surface area contributed by atoms with Crippen molar-refractivity contribution in [1.82, 2.24) is 9.38 Å². The number of hydrogen-bond donors (Lipinski definition) is 1. The quantitative estimate of drug-likeness (QED) is 0.837. The number of aryl methyl sites for hydroxylation is 1. The molecule has 0 atom stereocenters. The first-order chi connectivity index (χ1) is 7.66. The Balaban J connectivity index is 2.20. The summed E-state index contributed by atoms with van der Waals surface area (Å²) in [6, 6.07) is 3.24. The lowest BCUT2D eigenvalue weighted by atomic mass is 10.2. The summed E-state index contributed by atoms with van der Waals surface area (Å²) in [4.78, 5) is 15.4. The molecule has 1 aliphatic carbocycles. The van der Waals surface area contributed by atoms with Gasteiger partial charge in [-0.1, -0.05) is 0 Å². The Hall–Kier alpha value is -1.84. The van der Waals surface area contributed by atoms with E-state index in [9.17, 15) is 4.79 Å². The van der Waals surface area contributed by atoms with E-state index in [1.165, 1.54) is 12.8 Å². The predicted molar refractivity (Wildman–Crippen MR) is 58.9 cm³/mol. The van der Waals surface area contributed by atoms with Crippen LogP contribution in [0.4, 0.5) is 0 Å². The van der Waals surface area contributed by atoms with Crippen molar-refractivity contribution < 1.29 is 9.90 Å². The molecule has 2 aromatic rings. The minimum Gasteiger partial charge on any atom is -0.478 e. The van der Waals surface area contributed by atoms with Gasteiger partial charge < -0.3 is 9.51 Å². The van der Waals surface area contributed by atoms with Gasteiger partial charge in [0.15, 0.2) is 0 Å². The van der Waals surface area contributed by atoms with Gasteiger partial charge in [-0.15, -0.1) is 0 Å². The number of aromatic nitrogens is 2. The summed E-state index contributed by atoms with van der Waals surface area (Å²) in [5.41, 5.74) is 3.29. The van der Waals surface area contributed by atoms with Crippen LogP contribution in [0.25, 0.3) is 5.65 Å². The zero-order valence-electron chi connectivity index (χ0n) is 8.97. The van der Waals surface area contributed by atoms with Crippen LogP contribution >= 0.6 is 0 Å². The summed E-state index contributed by atoms with van der Waals surface area (Å²) < 4.78 is 1.96. The molecule has 0 aliphatic heterocycles. The molecule has 82 valence electrons. The minimum atomic E-state index is -0.906. The average Bonchev–Trinajstić information content (AvgIpc) is 3.04. The van der Waals surface area contributed by atoms with Crippen LogP contribution in [0.1, 0.15) is 40.5 Å². The Bertz CT molecular complexity index is 582. The van der Waals surface area contributed by atoms with E-state index in [2.05, 4.69) is 4.98 Å². The van der Waals surface area contributed by atoms with Gasteiger partial charge in [0.2, 0.25) is 0 Å². The number of carboxylic acids is 1. The molecule has 0 spiro atoms. The summed E-state index contributed by atoms with van der Waals surface area (Å²) in [5, 5.41) is 8.90. The van der Waals surface area contributed by atoms with Gasteiger partial charge >= 0.3 is 5.97 Å². The molecule has 1 fully saturated rings. The van der Waals surface area contributed by atoms with Crippen LogP contribution in [0, 0.1) is 6.92 Å². The maximum absolute atomic E-state index is 10.8. The smallest absolute Gasteiger partial charge is 0.335 e. The average molecular weight is 216 g/mol. The number of hydrogen-bond acceptors (Lipinski definition) is 2. The summed E-state index contributed by atoms with van der Waals surface area (Å²) >= 11 is 0. The SMILES string of the molecule is Cc1c(C2CC2)nc2cc(C(=O)O)ccn12. The second-order valence-electron chi connectivity index (χ2n) is 4.31.